The van der Waals surface area contributed by atoms with Crippen LogP contribution in [0.5, 0.6) is 0 Å². The van der Waals surface area contributed by atoms with E-state index in [0.29, 0.717) is 0 Å². The Labute approximate surface area is 155 Å². The number of aliphatic hydroxyl groups is 1. The molecule has 9 heteroatoms. The molecule has 2 amide bonds. The third-order valence-corrected chi connectivity index (χ3v) is 4.07. The van der Waals surface area contributed by atoms with Gasteiger partial charge in [-0.15, -0.1) is 0 Å². The summed E-state index contributed by atoms with van der Waals surface area (Å²) in [5.41, 5.74) is -0.722. The minimum Gasteiger partial charge on any atom is -0.444 e. The number of nitrogens with one attached hydrogen (secondary N) is 1. The van der Waals surface area contributed by atoms with E-state index in [2.05, 4.69) is 5.32 Å². The van der Waals surface area contributed by atoms with Crippen molar-refractivity contribution >= 4 is 23.6 Å². The van der Waals surface area contributed by atoms with Gasteiger partial charge in [0.05, 0.1) is 11.6 Å². The van der Waals surface area contributed by atoms with E-state index < -0.39 is 48.3 Å². The van der Waals surface area contributed by atoms with Gasteiger partial charge in [0.1, 0.15) is 29.7 Å². The van der Waals surface area contributed by atoms with Gasteiger partial charge in [0.25, 0.3) is 0 Å². The van der Waals surface area contributed by atoms with Crippen LogP contribution in [0.15, 0.2) is 18.2 Å². The molecule has 1 aromatic rings. The van der Waals surface area contributed by atoms with E-state index in [1.54, 1.807) is 20.8 Å². The average Bonchev–Trinajstić information content (AvgIpc) is 2.83. The first kappa shape index (κ1) is 20.4. The molecule has 0 aliphatic carbocycles. The van der Waals surface area contributed by atoms with Gasteiger partial charge in [0, 0.05) is 12.1 Å². The fourth-order valence-corrected chi connectivity index (χ4v) is 2.76. The second-order valence-corrected chi connectivity index (χ2v) is 7.42. The number of carbonyl (C=O) groups excluding carboxylic acids is 2. The van der Waals surface area contributed by atoms with Crippen LogP contribution in [-0.4, -0.2) is 52.5 Å². The van der Waals surface area contributed by atoms with Gasteiger partial charge in [-0.2, -0.15) is 0 Å². The molecule has 2 N–H and O–H groups in total. The lowest BCUT2D eigenvalue weighted by atomic mass is 10.1. The van der Waals surface area contributed by atoms with Crippen molar-refractivity contribution in [2.24, 2.45) is 0 Å². The largest absolute Gasteiger partial charge is 0.444 e. The summed E-state index contributed by atoms with van der Waals surface area (Å²) >= 11 is 5.68. The minimum atomic E-state index is -1.79. The Kier molecular flexibility index (Phi) is 6.08. The van der Waals surface area contributed by atoms with Crippen LogP contribution in [0, 0.1) is 5.82 Å². The van der Waals surface area contributed by atoms with E-state index in [4.69, 9.17) is 16.3 Å². The molecule has 1 fully saturated rings. The highest BCUT2D eigenvalue weighted by Crippen LogP contribution is 2.24. The Hall–Kier alpha value is -1.93. The summed E-state index contributed by atoms with van der Waals surface area (Å²) < 4.78 is 32.9. The van der Waals surface area contributed by atoms with E-state index in [-0.39, 0.29) is 17.1 Å². The van der Waals surface area contributed by atoms with Gasteiger partial charge in [0.2, 0.25) is 5.91 Å². The lowest BCUT2D eigenvalue weighted by Gasteiger charge is -2.28. The fourth-order valence-electron chi connectivity index (χ4n) is 2.57. The summed E-state index contributed by atoms with van der Waals surface area (Å²) in [6, 6.07) is 2.83. The maximum absolute atomic E-state index is 13.9. The van der Waals surface area contributed by atoms with E-state index in [0.717, 1.165) is 4.90 Å². The Morgan fingerprint density at radius 2 is 2.08 bits per heavy atom. The summed E-state index contributed by atoms with van der Waals surface area (Å²) in [5, 5.41) is 12.3. The number of benzene rings is 1. The van der Waals surface area contributed by atoms with Crippen LogP contribution < -0.4 is 5.32 Å². The molecule has 0 spiro atoms. The third-order valence-electron chi connectivity index (χ3n) is 3.78. The first-order valence-electron chi connectivity index (χ1n) is 8.03. The van der Waals surface area contributed by atoms with Crippen molar-refractivity contribution in [2.45, 2.75) is 51.2 Å². The second kappa shape index (κ2) is 7.75. The molecule has 0 radical (unpaired) electrons. The van der Waals surface area contributed by atoms with E-state index in [1.165, 1.54) is 18.2 Å². The van der Waals surface area contributed by atoms with Gasteiger partial charge in [-0.3, -0.25) is 9.69 Å². The SMILES string of the molecule is CC(C)(C)OC(=O)N1C[C@H](F)[C@@H](O)[C@H]1C(=O)NCc1cccc(Cl)c1F. The Morgan fingerprint density at radius 1 is 1.42 bits per heavy atom. The molecule has 3 atom stereocenters. The fraction of sp³-hybridized carbons (Fsp3) is 0.529. The zero-order chi connectivity index (χ0) is 19.6. The zero-order valence-corrected chi connectivity index (χ0v) is 15.4. The number of nitrogens with zero attached hydrogens (tertiary/aromatic N) is 1. The Bertz CT molecular complexity index is 696. The molecule has 1 aliphatic rings. The van der Waals surface area contributed by atoms with Crippen LogP contribution in [0.25, 0.3) is 0 Å². The molecule has 0 aromatic heterocycles. The van der Waals surface area contributed by atoms with Crippen molar-refractivity contribution in [2.75, 3.05) is 6.54 Å². The van der Waals surface area contributed by atoms with Crippen LogP contribution in [0.3, 0.4) is 0 Å². The molecular formula is C17H21ClF2N2O4. The van der Waals surface area contributed by atoms with Gasteiger partial charge in [-0.25, -0.2) is 13.6 Å². The van der Waals surface area contributed by atoms with Crippen LogP contribution in [0.4, 0.5) is 13.6 Å². The second-order valence-electron chi connectivity index (χ2n) is 7.01. The highest BCUT2D eigenvalue weighted by atomic mass is 35.5. The van der Waals surface area contributed by atoms with Crippen molar-refractivity contribution in [1.29, 1.82) is 0 Å². The number of ether oxygens (including phenoxy) is 1. The summed E-state index contributed by atoms with van der Waals surface area (Å²) in [4.78, 5) is 25.5. The monoisotopic (exact) mass is 390 g/mol. The van der Waals surface area contributed by atoms with Gasteiger partial charge in [0.15, 0.2) is 0 Å². The number of likely N-dealkylation sites (tertiary alicyclic amines) is 1. The van der Waals surface area contributed by atoms with Gasteiger partial charge >= 0.3 is 6.09 Å². The van der Waals surface area contributed by atoms with Crippen molar-refractivity contribution in [3.05, 3.63) is 34.6 Å². The highest BCUT2D eigenvalue weighted by Gasteiger charge is 2.48. The molecule has 0 saturated carbocycles. The maximum atomic E-state index is 13.9. The standard InChI is InChI=1S/C17H21ClF2N2O4/c1-17(2,3)26-16(25)22-8-11(19)14(23)13(22)15(24)21-7-9-5-4-6-10(18)12(9)20/h4-6,11,13-14,23H,7-8H2,1-3H3,(H,21,24)/t11-,13-,14+/m0/s1. The molecule has 6 nitrogen and oxygen atoms in total. The van der Waals surface area contributed by atoms with Crippen LogP contribution in [0.1, 0.15) is 26.3 Å². The molecular weight excluding hydrogens is 370 g/mol. The first-order chi connectivity index (χ1) is 12.0. The third kappa shape index (κ3) is 4.62. The summed E-state index contributed by atoms with van der Waals surface area (Å²) in [6.45, 7) is 4.18. The zero-order valence-electron chi connectivity index (χ0n) is 14.6. The molecule has 26 heavy (non-hydrogen) atoms. The number of carbonyl (C=O) groups is 2. The van der Waals surface area contributed by atoms with E-state index >= 15 is 0 Å². The highest BCUT2D eigenvalue weighted by molar-refractivity contribution is 6.30. The minimum absolute atomic E-state index is 0.100. The molecule has 0 bridgehead atoms. The lowest BCUT2D eigenvalue weighted by Crippen LogP contribution is -2.51. The van der Waals surface area contributed by atoms with Crippen molar-refractivity contribution < 1.29 is 28.2 Å². The van der Waals surface area contributed by atoms with Crippen LogP contribution >= 0.6 is 11.6 Å². The van der Waals surface area contributed by atoms with E-state index in [1.807, 2.05) is 0 Å². The van der Waals surface area contributed by atoms with Crippen molar-refractivity contribution in [1.82, 2.24) is 10.2 Å². The molecule has 1 heterocycles. The molecule has 144 valence electrons. The Balaban J connectivity index is 2.11. The number of aliphatic hydroxyl groups excluding tert-OH is 1. The molecule has 2 rings (SSSR count). The average molecular weight is 391 g/mol. The predicted molar refractivity (Wildman–Crippen MR) is 90.9 cm³/mol. The van der Waals surface area contributed by atoms with Crippen molar-refractivity contribution in [3.8, 4) is 0 Å². The Morgan fingerprint density at radius 3 is 2.69 bits per heavy atom. The number of rotatable bonds is 3. The number of hydrogen-bond donors (Lipinski definition) is 2. The van der Waals surface area contributed by atoms with Crippen LogP contribution in [-0.2, 0) is 16.1 Å². The smallest absolute Gasteiger partial charge is 0.411 e. The number of hydrogen-bond acceptors (Lipinski definition) is 4. The normalized spacial score (nSPS) is 23.0. The maximum Gasteiger partial charge on any atom is 0.411 e. The summed E-state index contributed by atoms with van der Waals surface area (Å²) in [7, 11) is 0. The molecule has 1 aromatic carbocycles. The summed E-state index contributed by atoms with van der Waals surface area (Å²) in [5.74, 6) is -1.50. The quantitative estimate of drug-likeness (QED) is 0.830. The van der Waals surface area contributed by atoms with Gasteiger partial charge < -0.3 is 15.2 Å². The number of alkyl halides is 1. The topological polar surface area (TPSA) is 78.9 Å². The number of halogens is 3. The van der Waals surface area contributed by atoms with Gasteiger partial charge in [-0.1, -0.05) is 23.7 Å². The molecule has 1 aliphatic heterocycles. The number of amides is 2. The molecule has 0 unspecified atom stereocenters. The first-order valence-corrected chi connectivity index (χ1v) is 8.41. The summed E-state index contributed by atoms with van der Waals surface area (Å²) in [6.07, 6.45) is -4.40. The lowest BCUT2D eigenvalue weighted by molar-refractivity contribution is -0.128. The predicted octanol–water partition coefficient (Wildman–Crippen LogP) is 2.41. The van der Waals surface area contributed by atoms with Crippen LogP contribution in [0.2, 0.25) is 5.02 Å². The van der Waals surface area contributed by atoms with E-state index in [9.17, 15) is 23.5 Å². The molecule has 1 saturated heterocycles. The van der Waals surface area contributed by atoms with Crippen molar-refractivity contribution in [3.63, 3.8) is 0 Å². The van der Waals surface area contributed by atoms with Gasteiger partial charge in [-0.05, 0) is 26.8 Å².